The minimum atomic E-state index is -0.264. The van der Waals surface area contributed by atoms with Gasteiger partial charge in [-0.1, -0.05) is 0 Å². The Balaban J connectivity index is 1.35. The first-order chi connectivity index (χ1) is 16.2. The molecule has 1 aromatic carbocycles. The molecule has 33 heavy (non-hydrogen) atoms. The second-order valence-electron chi connectivity index (χ2n) is 6.71. The molecule has 11 nitrogen and oxygen atoms in total. The Morgan fingerprint density at radius 1 is 1.03 bits per heavy atom. The third-order valence-electron chi connectivity index (χ3n) is 4.56. The van der Waals surface area contributed by atoms with E-state index in [0.29, 0.717) is 41.1 Å². The van der Waals surface area contributed by atoms with Gasteiger partial charge in [-0.05, 0) is 36.4 Å². The molecule has 1 N–H and O–H groups in total. The number of methoxy groups -OCH3 is 2. The molecule has 0 bridgehead atoms. The molecular formula is C22H22N6O5. The maximum absolute atomic E-state index is 11.9. The van der Waals surface area contributed by atoms with Crippen LogP contribution in [0.5, 0.6) is 23.1 Å². The van der Waals surface area contributed by atoms with Gasteiger partial charge in [0.25, 0.3) is 5.91 Å². The quantitative estimate of drug-likeness (QED) is 0.360. The molecule has 0 saturated carbocycles. The van der Waals surface area contributed by atoms with E-state index in [4.69, 9.17) is 18.9 Å². The number of hydrogen-bond acceptors (Lipinski definition) is 9. The average molecular weight is 450 g/mol. The van der Waals surface area contributed by atoms with Crippen LogP contribution in [0, 0.1) is 0 Å². The number of amides is 1. The molecule has 0 fully saturated rings. The van der Waals surface area contributed by atoms with Crippen LogP contribution in [-0.4, -0.2) is 64.7 Å². The highest BCUT2D eigenvalue weighted by molar-refractivity contribution is 5.77. The fraction of sp³-hybridized carbons (Fsp3) is 0.227. The zero-order valence-electron chi connectivity index (χ0n) is 18.1. The predicted octanol–water partition coefficient (Wildman–Crippen LogP) is 1.78. The van der Waals surface area contributed by atoms with Gasteiger partial charge in [0.2, 0.25) is 5.88 Å². The van der Waals surface area contributed by atoms with Gasteiger partial charge >= 0.3 is 0 Å². The molecule has 0 atom stereocenters. The Labute approximate surface area is 189 Å². The molecule has 170 valence electrons. The molecule has 11 heteroatoms. The van der Waals surface area contributed by atoms with Gasteiger partial charge in [0, 0.05) is 17.8 Å². The molecule has 0 unspecified atom stereocenters. The number of benzene rings is 1. The van der Waals surface area contributed by atoms with E-state index in [2.05, 4.69) is 25.6 Å². The lowest BCUT2D eigenvalue weighted by atomic mass is 10.2. The minimum Gasteiger partial charge on any atom is -0.493 e. The van der Waals surface area contributed by atoms with Crippen molar-refractivity contribution in [2.24, 2.45) is 0 Å². The maximum Gasteiger partial charge on any atom is 0.258 e. The van der Waals surface area contributed by atoms with Crippen LogP contribution < -0.4 is 24.3 Å². The highest BCUT2D eigenvalue weighted by atomic mass is 16.5. The fourth-order valence-electron chi connectivity index (χ4n) is 2.98. The van der Waals surface area contributed by atoms with Crippen molar-refractivity contribution in [3.63, 3.8) is 0 Å². The van der Waals surface area contributed by atoms with Crippen LogP contribution in [-0.2, 0) is 4.79 Å². The zero-order valence-corrected chi connectivity index (χ0v) is 18.1. The second-order valence-corrected chi connectivity index (χ2v) is 6.71. The van der Waals surface area contributed by atoms with Crippen molar-refractivity contribution < 1.29 is 23.7 Å². The first kappa shape index (κ1) is 21.8. The fourth-order valence-corrected chi connectivity index (χ4v) is 2.98. The van der Waals surface area contributed by atoms with Crippen molar-refractivity contribution in [1.29, 1.82) is 0 Å². The number of hydrogen-bond donors (Lipinski definition) is 1. The molecule has 0 radical (unpaired) electrons. The number of carbonyl (C=O) groups excluding carboxylic acids is 1. The molecule has 3 aromatic heterocycles. The summed E-state index contributed by atoms with van der Waals surface area (Å²) in [6, 6.07) is 12.3. The lowest BCUT2D eigenvalue weighted by Crippen LogP contribution is -2.32. The van der Waals surface area contributed by atoms with Crippen LogP contribution in [0.25, 0.3) is 17.0 Å². The largest absolute Gasteiger partial charge is 0.493 e. The summed E-state index contributed by atoms with van der Waals surface area (Å²) in [5, 5.41) is 15.5. The van der Waals surface area contributed by atoms with Crippen molar-refractivity contribution in [2.75, 3.05) is 34.0 Å². The Bertz CT molecular complexity index is 1230. The Kier molecular flexibility index (Phi) is 6.78. The number of nitrogens with one attached hydrogen (secondary N) is 1. The molecular weight excluding hydrogens is 428 g/mol. The normalized spacial score (nSPS) is 10.6. The van der Waals surface area contributed by atoms with Gasteiger partial charge in [-0.3, -0.25) is 9.78 Å². The molecule has 4 aromatic rings. The van der Waals surface area contributed by atoms with E-state index >= 15 is 0 Å². The summed E-state index contributed by atoms with van der Waals surface area (Å²) in [4.78, 5) is 15.8. The molecule has 1 amide bonds. The van der Waals surface area contributed by atoms with E-state index in [0.717, 1.165) is 5.56 Å². The minimum absolute atomic E-state index is 0.106. The number of ether oxygens (including phenoxy) is 4. The average Bonchev–Trinajstić information content (AvgIpc) is 3.29. The van der Waals surface area contributed by atoms with Crippen molar-refractivity contribution in [1.82, 2.24) is 30.1 Å². The van der Waals surface area contributed by atoms with Crippen molar-refractivity contribution >= 4 is 11.6 Å². The maximum atomic E-state index is 11.9. The van der Waals surface area contributed by atoms with Crippen LogP contribution >= 0.6 is 0 Å². The number of carbonyl (C=O) groups is 1. The summed E-state index contributed by atoms with van der Waals surface area (Å²) in [6.45, 7) is 0.413. The van der Waals surface area contributed by atoms with E-state index in [-0.39, 0.29) is 19.1 Å². The Morgan fingerprint density at radius 3 is 2.70 bits per heavy atom. The zero-order chi connectivity index (χ0) is 23.0. The summed E-state index contributed by atoms with van der Waals surface area (Å²) < 4.78 is 23.2. The Hall–Kier alpha value is -4.41. The van der Waals surface area contributed by atoms with Gasteiger partial charge in [-0.25, -0.2) is 0 Å². The van der Waals surface area contributed by atoms with Crippen LogP contribution in [0.2, 0.25) is 0 Å². The predicted molar refractivity (Wildman–Crippen MR) is 118 cm³/mol. The molecule has 0 aliphatic rings. The van der Waals surface area contributed by atoms with E-state index in [1.807, 2.05) is 6.07 Å². The number of rotatable bonds is 10. The summed E-state index contributed by atoms with van der Waals surface area (Å²) in [6.07, 6.45) is 3.17. The third-order valence-corrected chi connectivity index (χ3v) is 4.56. The summed E-state index contributed by atoms with van der Waals surface area (Å²) in [7, 11) is 3.14. The highest BCUT2D eigenvalue weighted by Crippen LogP contribution is 2.31. The van der Waals surface area contributed by atoms with E-state index < -0.39 is 0 Å². The van der Waals surface area contributed by atoms with Crippen LogP contribution in [0.4, 0.5) is 0 Å². The van der Waals surface area contributed by atoms with Gasteiger partial charge in [0.1, 0.15) is 12.4 Å². The Morgan fingerprint density at radius 2 is 1.91 bits per heavy atom. The van der Waals surface area contributed by atoms with Crippen molar-refractivity contribution in [3.8, 4) is 34.5 Å². The molecule has 0 spiro atoms. The molecule has 3 heterocycles. The number of aromatic nitrogens is 5. The SMILES string of the molecule is COc1ccc(-c2nnc3ccc(OCCNC(=O)COc4cccnc4)nn23)cc1OC. The molecule has 0 aliphatic carbocycles. The molecule has 0 aliphatic heterocycles. The summed E-state index contributed by atoms with van der Waals surface area (Å²) in [5.74, 6) is 2.34. The van der Waals surface area contributed by atoms with Crippen LogP contribution in [0.3, 0.4) is 0 Å². The molecule has 4 rings (SSSR count). The van der Waals surface area contributed by atoms with Gasteiger partial charge in [-0.2, -0.15) is 4.52 Å². The van der Waals surface area contributed by atoms with E-state index in [9.17, 15) is 4.79 Å². The second kappa shape index (κ2) is 10.3. The lowest BCUT2D eigenvalue weighted by Gasteiger charge is -2.09. The summed E-state index contributed by atoms with van der Waals surface area (Å²) in [5.41, 5.74) is 1.32. The monoisotopic (exact) mass is 450 g/mol. The smallest absolute Gasteiger partial charge is 0.258 e. The standard InChI is InChI=1S/C22H22N6O5/c1-30-17-6-5-15(12-18(17)31-2)22-26-25-19-7-8-21(27-28(19)22)32-11-10-24-20(29)14-33-16-4-3-9-23-13-16/h3-9,12-13H,10-11,14H2,1-2H3,(H,24,29). The topological polar surface area (TPSA) is 122 Å². The van der Waals surface area contributed by atoms with Gasteiger partial charge in [-0.15, -0.1) is 15.3 Å². The molecule has 0 saturated heterocycles. The highest BCUT2D eigenvalue weighted by Gasteiger charge is 2.13. The lowest BCUT2D eigenvalue weighted by molar-refractivity contribution is -0.123. The number of fused-ring (bicyclic) bond motifs is 1. The number of pyridine rings is 1. The van der Waals surface area contributed by atoms with E-state index in [1.54, 1.807) is 67.5 Å². The summed E-state index contributed by atoms with van der Waals surface area (Å²) >= 11 is 0. The van der Waals surface area contributed by atoms with Crippen molar-refractivity contribution in [3.05, 3.63) is 54.9 Å². The van der Waals surface area contributed by atoms with Crippen LogP contribution in [0.15, 0.2) is 54.9 Å². The first-order valence-corrected chi connectivity index (χ1v) is 10.0. The van der Waals surface area contributed by atoms with Gasteiger partial charge in [0.05, 0.1) is 27.0 Å². The van der Waals surface area contributed by atoms with E-state index in [1.165, 1.54) is 0 Å². The third kappa shape index (κ3) is 5.26. The first-order valence-electron chi connectivity index (χ1n) is 10.0. The van der Waals surface area contributed by atoms with Crippen molar-refractivity contribution in [2.45, 2.75) is 0 Å². The number of nitrogens with zero attached hydrogens (tertiary/aromatic N) is 5. The van der Waals surface area contributed by atoms with Gasteiger partial charge in [0.15, 0.2) is 29.6 Å². The van der Waals surface area contributed by atoms with Gasteiger partial charge < -0.3 is 24.3 Å². The van der Waals surface area contributed by atoms with Crippen LogP contribution in [0.1, 0.15) is 0 Å².